The number of carboxylic acids is 1. The smallest absolute Gasteiger partial charge is 0.411 e. The number of hydrogen-bond acceptors (Lipinski definition) is 5. The summed E-state index contributed by atoms with van der Waals surface area (Å²) in [7, 11) is 0. The van der Waals surface area contributed by atoms with E-state index in [4.69, 9.17) is 21.1 Å². The van der Waals surface area contributed by atoms with Crippen LogP contribution in [0.3, 0.4) is 0 Å². The summed E-state index contributed by atoms with van der Waals surface area (Å²) in [6, 6.07) is 23.9. The van der Waals surface area contributed by atoms with E-state index in [1.54, 1.807) is 45.0 Å². The van der Waals surface area contributed by atoms with Crippen molar-refractivity contribution in [2.45, 2.75) is 45.3 Å². The minimum absolute atomic E-state index is 0.373. The summed E-state index contributed by atoms with van der Waals surface area (Å²) in [5.74, 6) is -2.13. The predicted molar refractivity (Wildman–Crippen MR) is 145 cm³/mol. The Kier molecular flexibility index (Phi) is 9.17. The Labute approximate surface area is 227 Å². The standard InChI is InChI=1S/C30H32ClNO6/c1-5-21-15-17-23(18-16-21)30(22-11-7-6-8-12-22,24-13-9-10-14-25(24)31)37-27(35)20-32(19-26(33)34)28(36)38-29(2,3)4/h6-18H,5,19-20H2,1-4H3,(H,33,34). The fourth-order valence-corrected chi connectivity index (χ4v) is 4.35. The van der Waals surface area contributed by atoms with E-state index in [1.807, 2.05) is 61.5 Å². The van der Waals surface area contributed by atoms with Crippen molar-refractivity contribution in [3.8, 4) is 0 Å². The molecule has 0 aliphatic rings. The number of nitrogens with zero attached hydrogens (tertiary/aromatic N) is 1. The zero-order valence-electron chi connectivity index (χ0n) is 21.9. The van der Waals surface area contributed by atoms with Gasteiger partial charge in [-0.15, -0.1) is 0 Å². The molecule has 0 aromatic heterocycles. The average Bonchev–Trinajstić information content (AvgIpc) is 2.87. The summed E-state index contributed by atoms with van der Waals surface area (Å²) >= 11 is 6.69. The summed E-state index contributed by atoms with van der Waals surface area (Å²) in [5.41, 5.74) is 0.527. The lowest BCUT2D eigenvalue weighted by atomic mass is 9.79. The van der Waals surface area contributed by atoms with Crippen LogP contribution < -0.4 is 0 Å². The molecule has 200 valence electrons. The molecule has 0 fully saturated rings. The molecule has 0 heterocycles. The first-order valence-electron chi connectivity index (χ1n) is 12.3. The van der Waals surface area contributed by atoms with E-state index in [0.29, 0.717) is 21.7 Å². The third-order valence-electron chi connectivity index (χ3n) is 5.77. The molecule has 0 aliphatic heterocycles. The quantitative estimate of drug-likeness (QED) is 0.263. The normalized spacial score (nSPS) is 12.8. The zero-order chi connectivity index (χ0) is 27.9. The van der Waals surface area contributed by atoms with Crippen LogP contribution in [0.1, 0.15) is 49.9 Å². The number of carbonyl (C=O) groups is 3. The second-order valence-electron chi connectivity index (χ2n) is 9.78. The maximum atomic E-state index is 13.6. The molecule has 7 nitrogen and oxygen atoms in total. The Bertz CT molecular complexity index is 1270. The van der Waals surface area contributed by atoms with Gasteiger partial charge in [0.2, 0.25) is 0 Å². The molecule has 1 unspecified atom stereocenters. The van der Waals surface area contributed by atoms with Crippen LogP contribution in [0, 0.1) is 0 Å². The van der Waals surface area contributed by atoms with E-state index in [2.05, 4.69) is 0 Å². The number of rotatable bonds is 9. The number of ether oxygens (including phenoxy) is 2. The molecule has 0 spiro atoms. The number of halogens is 1. The molecule has 38 heavy (non-hydrogen) atoms. The second kappa shape index (κ2) is 12.1. The summed E-state index contributed by atoms with van der Waals surface area (Å²) in [5, 5.41) is 9.75. The molecule has 8 heteroatoms. The summed E-state index contributed by atoms with van der Waals surface area (Å²) < 4.78 is 11.6. The van der Waals surface area contributed by atoms with Crippen LogP contribution in [-0.2, 0) is 31.1 Å². The van der Waals surface area contributed by atoms with Crippen LogP contribution in [-0.4, -0.2) is 46.7 Å². The van der Waals surface area contributed by atoms with Gasteiger partial charge in [0.1, 0.15) is 18.7 Å². The fourth-order valence-electron chi connectivity index (χ4n) is 4.08. The van der Waals surface area contributed by atoms with Gasteiger partial charge >= 0.3 is 18.0 Å². The highest BCUT2D eigenvalue weighted by atomic mass is 35.5. The van der Waals surface area contributed by atoms with Gasteiger partial charge in [0, 0.05) is 21.7 Å². The third kappa shape index (κ3) is 6.92. The lowest BCUT2D eigenvalue weighted by Gasteiger charge is -2.36. The molecular weight excluding hydrogens is 506 g/mol. The number of hydrogen-bond donors (Lipinski definition) is 1. The van der Waals surface area contributed by atoms with Gasteiger partial charge < -0.3 is 14.6 Å². The zero-order valence-corrected chi connectivity index (χ0v) is 22.7. The van der Waals surface area contributed by atoms with Crippen molar-refractivity contribution >= 4 is 29.6 Å². The monoisotopic (exact) mass is 537 g/mol. The number of esters is 1. The number of benzene rings is 3. The Hall–Kier alpha value is -3.84. The second-order valence-corrected chi connectivity index (χ2v) is 10.2. The Morgan fingerprint density at radius 1 is 0.816 bits per heavy atom. The highest BCUT2D eigenvalue weighted by Gasteiger charge is 2.42. The van der Waals surface area contributed by atoms with E-state index in [-0.39, 0.29) is 0 Å². The highest BCUT2D eigenvalue weighted by molar-refractivity contribution is 6.31. The summed E-state index contributed by atoms with van der Waals surface area (Å²) in [4.78, 5) is 38.6. The molecule has 0 bridgehead atoms. The molecule has 1 atom stereocenters. The van der Waals surface area contributed by atoms with E-state index < -0.39 is 42.3 Å². The molecule has 1 N–H and O–H groups in total. The lowest BCUT2D eigenvalue weighted by molar-refractivity contribution is -0.155. The summed E-state index contributed by atoms with van der Waals surface area (Å²) in [6.07, 6.45) is -0.114. The van der Waals surface area contributed by atoms with Crippen LogP contribution >= 0.6 is 11.6 Å². The minimum Gasteiger partial charge on any atom is -0.480 e. The molecule has 0 saturated carbocycles. The summed E-state index contributed by atoms with van der Waals surface area (Å²) in [6.45, 7) is 5.62. The number of aliphatic carboxylic acids is 1. The predicted octanol–water partition coefficient (Wildman–Crippen LogP) is 6.06. The van der Waals surface area contributed by atoms with Crippen molar-refractivity contribution in [1.82, 2.24) is 4.90 Å². The molecule has 3 aromatic rings. The van der Waals surface area contributed by atoms with Crippen molar-refractivity contribution in [1.29, 1.82) is 0 Å². The van der Waals surface area contributed by atoms with Crippen LogP contribution in [0.4, 0.5) is 4.79 Å². The molecule has 0 aliphatic carbocycles. The van der Waals surface area contributed by atoms with Gasteiger partial charge in [-0.3, -0.25) is 14.5 Å². The Morgan fingerprint density at radius 3 is 1.95 bits per heavy atom. The number of amides is 1. The topological polar surface area (TPSA) is 93.1 Å². The van der Waals surface area contributed by atoms with Crippen LogP contribution in [0.15, 0.2) is 78.9 Å². The maximum Gasteiger partial charge on any atom is 0.411 e. The fraction of sp³-hybridized carbons (Fsp3) is 0.300. The molecule has 0 saturated heterocycles. The van der Waals surface area contributed by atoms with E-state index in [9.17, 15) is 19.5 Å². The first kappa shape index (κ1) is 28.7. The first-order valence-corrected chi connectivity index (χ1v) is 12.7. The number of carbonyl (C=O) groups excluding carboxylic acids is 2. The molecule has 3 rings (SSSR count). The van der Waals surface area contributed by atoms with Gasteiger partial charge in [-0.1, -0.05) is 91.3 Å². The number of carboxylic acid groups (broad SMARTS) is 1. The Morgan fingerprint density at radius 2 is 1.39 bits per heavy atom. The van der Waals surface area contributed by atoms with Gasteiger partial charge in [-0.25, -0.2) is 4.79 Å². The maximum absolute atomic E-state index is 13.6. The molecule has 1 amide bonds. The van der Waals surface area contributed by atoms with Crippen LogP contribution in [0.2, 0.25) is 5.02 Å². The van der Waals surface area contributed by atoms with Crippen LogP contribution in [0.25, 0.3) is 0 Å². The average molecular weight is 538 g/mol. The van der Waals surface area contributed by atoms with Gasteiger partial charge in [0.05, 0.1) is 0 Å². The molecule has 0 radical (unpaired) electrons. The van der Waals surface area contributed by atoms with Crippen molar-refractivity contribution in [2.75, 3.05) is 13.1 Å². The van der Waals surface area contributed by atoms with Crippen LogP contribution in [0.5, 0.6) is 0 Å². The Balaban J connectivity index is 2.14. The van der Waals surface area contributed by atoms with E-state index in [1.165, 1.54) is 0 Å². The SMILES string of the molecule is CCc1ccc(C(OC(=O)CN(CC(=O)O)C(=O)OC(C)(C)C)(c2ccccc2)c2ccccc2Cl)cc1. The minimum atomic E-state index is -1.48. The van der Waals surface area contributed by atoms with Crippen molar-refractivity contribution in [2.24, 2.45) is 0 Å². The van der Waals surface area contributed by atoms with Gasteiger partial charge in [-0.05, 0) is 38.8 Å². The lowest BCUT2D eigenvalue weighted by Crippen LogP contribution is -2.45. The van der Waals surface area contributed by atoms with Crippen molar-refractivity contribution in [3.63, 3.8) is 0 Å². The van der Waals surface area contributed by atoms with Crippen molar-refractivity contribution < 1.29 is 29.0 Å². The molecule has 3 aromatic carbocycles. The van der Waals surface area contributed by atoms with Gasteiger partial charge in [-0.2, -0.15) is 0 Å². The highest BCUT2D eigenvalue weighted by Crippen LogP contribution is 2.43. The van der Waals surface area contributed by atoms with E-state index in [0.717, 1.165) is 16.9 Å². The first-order chi connectivity index (χ1) is 18.0. The molecular formula is C30H32ClNO6. The van der Waals surface area contributed by atoms with E-state index >= 15 is 0 Å². The van der Waals surface area contributed by atoms with Crippen molar-refractivity contribution in [3.05, 3.63) is 106 Å². The van der Waals surface area contributed by atoms with Gasteiger partial charge in [0.25, 0.3) is 0 Å². The number of aryl methyl sites for hydroxylation is 1. The largest absolute Gasteiger partial charge is 0.480 e. The van der Waals surface area contributed by atoms with Gasteiger partial charge in [0.15, 0.2) is 5.60 Å². The third-order valence-corrected chi connectivity index (χ3v) is 6.10.